The zero-order valence-corrected chi connectivity index (χ0v) is 11.6. The summed E-state index contributed by atoms with van der Waals surface area (Å²) in [6.07, 6.45) is 0. The van der Waals surface area contributed by atoms with Gasteiger partial charge in [0.05, 0.1) is 6.04 Å². The first-order chi connectivity index (χ1) is 8.22. The Morgan fingerprint density at radius 1 is 1.41 bits per heavy atom. The summed E-state index contributed by atoms with van der Waals surface area (Å²) in [5.74, 6) is 0. The van der Waals surface area contributed by atoms with Crippen molar-refractivity contribution in [2.24, 2.45) is 0 Å². The van der Waals surface area contributed by atoms with Crippen LogP contribution >= 0.6 is 15.9 Å². The molecule has 0 radical (unpaired) electrons. The van der Waals surface area contributed by atoms with Crippen molar-refractivity contribution in [2.45, 2.75) is 13.0 Å². The van der Waals surface area contributed by atoms with Crippen LogP contribution in [-0.4, -0.2) is 37.8 Å². The maximum absolute atomic E-state index is 13.3. The van der Waals surface area contributed by atoms with E-state index in [9.17, 15) is 4.39 Å². The molecule has 0 unspecified atom stereocenters. The SMILES string of the molecule is Cc1ccc([C@@H](CF)N2CCNCC2)c(Br)c1. The molecule has 1 saturated heterocycles. The number of piperazine rings is 1. The number of nitrogens with one attached hydrogen (secondary N) is 1. The standard InChI is InChI=1S/C13H18BrFN2/c1-10-2-3-11(12(14)8-10)13(9-15)17-6-4-16-5-7-17/h2-3,8,13,16H,4-7,9H2,1H3/t13-/m1/s1. The van der Waals surface area contributed by atoms with E-state index < -0.39 is 0 Å². The second kappa shape index (κ2) is 5.94. The second-order valence-corrected chi connectivity index (χ2v) is 5.34. The fourth-order valence-corrected chi connectivity index (χ4v) is 3.03. The predicted octanol–water partition coefficient (Wildman–Crippen LogP) is 2.67. The summed E-state index contributed by atoms with van der Waals surface area (Å²) in [7, 11) is 0. The van der Waals surface area contributed by atoms with Crippen LogP contribution in [0.15, 0.2) is 22.7 Å². The van der Waals surface area contributed by atoms with Crippen LogP contribution in [0.3, 0.4) is 0 Å². The van der Waals surface area contributed by atoms with Gasteiger partial charge in [-0.1, -0.05) is 28.1 Å². The Kier molecular flexibility index (Phi) is 4.54. The Morgan fingerprint density at radius 3 is 2.71 bits per heavy atom. The highest BCUT2D eigenvalue weighted by Crippen LogP contribution is 2.29. The van der Waals surface area contributed by atoms with Crippen molar-refractivity contribution in [2.75, 3.05) is 32.9 Å². The van der Waals surface area contributed by atoms with Gasteiger partial charge in [-0.2, -0.15) is 0 Å². The third-order valence-corrected chi connectivity index (χ3v) is 3.94. The van der Waals surface area contributed by atoms with Crippen molar-refractivity contribution in [1.29, 1.82) is 0 Å². The first-order valence-corrected chi connectivity index (χ1v) is 6.78. The molecule has 1 aliphatic heterocycles. The molecule has 0 aliphatic carbocycles. The Balaban J connectivity index is 2.21. The molecule has 0 amide bonds. The van der Waals surface area contributed by atoms with Crippen LogP contribution in [0.5, 0.6) is 0 Å². The summed E-state index contributed by atoms with van der Waals surface area (Å²) in [5.41, 5.74) is 2.25. The van der Waals surface area contributed by atoms with Gasteiger partial charge in [-0.25, -0.2) is 4.39 Å². The van der Waals surface area contributed by atoms with Gasteiger partial charge in [0.15, 0.2) is 0 Å². The average molecular weight is 301 g/mol. The molecule has 94 valence electrons. The number of nitrogens with zero attached hydrogens (tertiary/aromatic N) is 1. The number of alkyl halides is 1. The quantitative estimate of drug-likeness (QED) is 0.923. The molecule has 2 rings (SSSR count). The Labute approximate surface area is 110 Å². The number of aryl methyl sites for hydroxylation is 1. The van der Waals surface area contributed by atoms with Crippen molar-refractivity contribution in [3.8, 4) is 0 Å². The fourth-order valence-electron chi connectivity index (χ4n) is 2.27. The monoisotopic (exact) mass is 300 g/mol. The molecule has 1 aliphatic rings. The summed E-state index contributed by atoms with van der Waals surface area (Å²) in [5, 5.41) is 3.29. The lowest BCUT2D eigenvalue weighted by Gasteiger charge is -2.34. The van der Waals surface area contributed by atoms with E-state index in [4.69, 9.17) is 0 Å². The lowest BCUT2D eigenvalue weighted by atomic mass is 10.0. The van der Waals surface area contributed by atoms with Gasteiger partial charge in [0.25, 0.3) is 0 Å². The molecular formula is C13H18BrFN2. The number of hydrogen-bond acceptors (Lipinski definition) is 2. The molecule has 1 atom stereocenters. The highest BCUT2D eigenvalue weighted by Gasteiger charge is 2.23. The van der Waals surface area contributed by atoms with Gasteiger partial charge < -0.3 is 5.32 Å². The molecule has 1 N–H and O–H groups in total. The van der Waals surface area contributed by atoms with Crippen LogP contribution in [0.4, 0.5) is 4.39 Å². The minimum Gasteiger partial charge on any atom is -0.314 e. The Bertz CT molecular complexity index is 378. The molecule has 0 bridgehead atoms. The van der Waals surface area contributed by atoms with Gasteiger partial charge in [-0.3, -0.25) is 4.90 Å². The van der Waals surface area contributed by atoms with Crippen molar-refractivity contribution in [1.82, 2.24) is 10.2 Å². The first-order valence-electron chi connectivity index (χ1n) is 5.99. The lowest BCUT2D eigenvalue weighted by Crippen LogP contribution is -2.45. The predicted molar refractivity (Wildman–Crippen MR) is 72.0 cm³/mol. The smallest absolute Gasteiger partial charge is 0.109 e. The molecule has 17 heavy (non-hydrogen) atoms. The summed E-state index contributed by atoms with van der Waals surface area (Å²) in [6.45, 7) is 5.43. The van der Waals surface area contributed by atoms with E-state index in [1.807, 2.05) is 19.1 Å². The molecule has 2 nitrogen and oxygen atoms in total. The normalized spacial score (nSPS) is 19.2. The van der Waals surface area contributed by atoms with Crippen LogP contribution in [-0.2, 0) is 0 Å². The highest BCUT2D eigenvalue weighted by molar-refractivity contribution is 9.10. The van der Waals surface area contributed by atoms with Gasteiger partial charge in [0.2, 0.25) is 0 Å². The van der Waals surface area contributed by atoms with Crippen LogP contribution in [0, 0.1) is 6.92 Å². The van der Waals surface area contributed by atoms with E-state index in [-0.39, 0.29) is 12.7 Å². The Morgan fingerprint density at radius 2 is 2.12 bits per heavy atom. The van der Waals surface area contributed by atoms with Crippen molar-refractivity contribution >= 4 is 15.9 Å². The summed E-state index contributed by atoms with van der Waals surface area (Å²) in [6, 6.07) is 6.02. The molecule has 1 heterocycles. The zero-order chi connectivity index (χ0) is 12.3. The molecular weight excluding hydrogens is 283 g/mol. The molecule has 0 spiro atoms. The highest BCUT2D eigenvalue weighted by atomic mass is 79.9. The molecule has 1 aromatic rings. The van der Waals surface area contributed by atoms with Crippen LogP contribution < -0.4 is 5.32 Å². The van der Waals surface area contributed by atoms with E-state index in [0.717, 1.165) is 36.2 Å². The lowest BCUT2D eigenvalue weighted by molar-refractivity contribution is 0.147. The number of halogens is 2. The number of benzene rings is 1. The fraction of sp³-hybridized carbons (Fsp3) is 0.538. The molecule has 1 fully saturated rings. The minimum atomic E-state index is -0.332. The molecule has 0 aromatic heterocycles. The van der Waals surface area contributed by atoms with Gasteiger partial charge in [0.1, 0.15) is 6.67 Å². The number of hydrogen-bond donors (Lipinski definition) is 1. The third-order valence-electron chi connectivity index (χ3n) is 3.25. The third kappa shape index (κ3) is 3.06. The van der Waals surface area contributed by atoms with Gasteiger partial charge >= 0.3 is 0 Å². The molecule has 0 saturated carbocycles. The average Bonchev–Trinajstić information content (AvgIpc) is 2.34. The zero-order valence-electron chi connectivity index (χ0n) is 10.0. The van der Waals surface area contributed by atoms with E-state index in [0.29, 0.717) is 0 Å². The first kappa shape index (κ1) is 13.0. The van der Waals surface area contributed by atoms with Gasteiger partial charge in [-0.05, 0) is 24.1 Å². The molecule has 1 aromatic carbocycles. The largest absolute Gasteiger partial charge is 0.314 e. The van der Waals surface area contributed by atoms with Crippen molar-refractivity contribution in [3.63, 3.8) is 0 Å². The van der Waals surface area contributed by atoms with Crippen molar-refractivity contribution in [3.05, 3.63) is 33.8 Å². The summed E-state index contributed by atoms with van der Waals surface area (Å²) in [4.78, 5) is 2.21. The van der Waals surface area contributed by atoms with E-state index in [2.05, 4.69) is 32.2 Å². The maximum atomic E-state index is 13.3. The van der Waals surface area contributed by atoms with Gasteiger partial charge in [-0.15, -0.1) is 0 Å². The molecule has 4 heteroatoms. The second-order valence-electron chi connectivity index (χ2n) is 4.48. The summed E-state index contributed by atoms with van der Waals surface area (Å²) < 4.78 is 14.3. The van der Waals surface area contributed by atoms with E-state index in [1.165, 1.54) is 5.56 Å². The topological polar surface area (TPSA) is 15.3 Å². The van der Waals surface area contributed by atoms with E-state index in [1.54, 1.807) is 0 Å². The maximum Gasteiger partial charge on any atom is 0.109 e. The Hall–Kier alpha value is -0.450. The van der Waals surface area contributed by atoms with Crippen molar-refractivity contribution < 1.29 is 4.39 Å². The van der Waals surface area contributed by atoms with E-state index >= 15 is 0 Å². The van der Waals surface area contributed by atoms with Crippen LogP contribution in [0.25, 0.3) is 0 Å². The van der Waals surface area contributed by atoms with Gasteiger partial charge in [0, 0.05) is 30.7 Å². The van der Waals surface area contributed by atoms with Crippen LogP contribution in [0.2, 0.25) is 0 Å². The van der Waals surface area contributed by atoms with Crippen LogP contribution in [0.1, 0.15) is 17.2 Å². The minimum absolute atomic E-state index is 0.118. The summed E-state index contributed by atoms with van der Waals surface area (Å²) >= 11 is 3.55. The number of rotatable bonds is 3.